The lowest BCUT2D eigenvalue weighted by Crippen LogP contribution is -2.30. The molecule has 0 aliphatic heterocycles. The average Bonchev–Trinajstić information content (AvgIpc) is 3.48. The quantitative estimate of drug-likeness (QED) is 0.0261. The summed E-state index contributed by atoms with van der Waals surface area (Å²) in [4.78, 5) is 38.4. The topological polar surface area (TPSA) is 78.9 Å². The molecule has 0 heterocycles. The first-order valence-electron chi connectivity index (χ1n) is 36.3. The largest absolute Gasteiger partial charge is 0.462 e. The predicted molar refractivity (Wildman–Crippen MR) is 358 cm³/mol. The summed E-state index contributed by atoms with van der Waals surface area (Å²) in [6.45, 7) is 6.63. The van der Waals surface area contributed by atoms with Crippen LogP contribution >= 0.6 is 0 Å². The van der Waals surface area contributed by atoms with Crippen LogP contribution in [0.1, 0.15) is 387 Å². The van der Waals surface area contributed by atoms with E-state index in [0.29, 0.717) is 19.3 Å². The molecule has 6 nitrogen and oxygen atoms in total. The minimum absolute atomic E-state index is 0.0810. The maximum atomic E-state index is 12.9. The molecule has 0 saturated carbocycles. The molecule has 0 saturated heterocycles. The van der Waals surface area contributed by atoms with E-state index in [0.717, 1.165) is 103 Å². The average molecular weight is 1150 g/mol. The van der Waals surface area contributed by atoms with E-state index in [2.05, 4.69) is 81.5 Å². The van der Waals surface area contributed by atoms with Gasteiger partial charge in [-0.1, -0.05) is 345 Å². The first kappa shape index (κ1) is 79.1. The van der Waals surface area contributed by atoms with Gasteiger partial charge in [-0.25, -0.2) is 0 Å². The zero-order valence-electron chi connectivity index (χ0n) is 55.0. The smallest absolute Gasteiger partial charge is 0.306 e. The standard InChI is InChI=1S/C76H138O6/c1-4-7-10-13-16-19-22-25-28-30-32-34-35-36-37-38-39-40-41-43-44-46-48-51-54-57-60-63-66-69-75(78)81-72-73(71-80-74(77)68-65-62-59-56-53-50-27-24-21-18-15-12-9-6-3)82-76(79)70-67-64-61-58-55-52-49-47-45-42-33-31-29-26-23-20-17-14-11-8-5-2/h15,18,23-24,26-27,31,33,45,47,73H,4-14,16-17,19-22,25,28-30,32,34-44,46,48-72H2,1-3H3/b18-15-,26-23-,27-24-,33-31-,47-45-. The number of unbranched alkanes of at least 4 members (excludes halogenated alkanes) is 46. The molecular formula is C76H138O6. The number of allylic oxidation sites excluding steroid dienone is 10. The molecule has 0 aromatic heterocycles. The van der Waals surface area contributed by atoms with Gasteiger partial charge in [0.05, 0.1) is 0 Å². The van der Waals surface area contributed by atoms with Gasteiger partial charge in [0.15, 0.2) is 6.10 Å². The molecule has 0 fully saturated rings. The van der Waals surface area contributed by atoms with Crippen LogP contribution in [0.4, 0.5) is 0 Å². The summed E-state index contributed by atoms with van der Waals surface area (Å²) in [6, 6.07) is 0. The van der Waals surface area contributed by atoms with Crippen LogP contribution in [0.3, 0.4) is 0 Å². The van der Waals surface area contributed by atoms with Gasteiger partial charge >= 0.3 is 17.9 Å². The highest BCUT2D eigenvalue weighted by Gasteiger charge is 2.19. The van der Waals surface area contributed by atoms with Gasteiger partial charge in [-0.3, -0.25) is 14.4 Å². The van der Waals surface area contributed by atoms with Crippen molar-refractivity contribution in [1.29, 1.82) is 0 Å². The van der Waals surface area contributed by atoms with Crippen LogP contribution in [-0.2, 0) is 28.6 Å². The third-order valence-corrected chi connectivity index (χ3v) is 16.2. The van der Waals surface area contributed by atoms with Gasteiger partial charge in [0.25, 0.3) is 0 Å². The molecule has 0 aliphatic carbocycles. The van der Waals surface area contributed by atoms with Crippen LogP contribution in [0.15, 0.2) is 60.8 Å². The Bertz CT molecular complexity index is 1460. The monoisotopic (exact) mass is 1150 g/mol. The minimum Gasteiger partial charge on any atom is -0.462 e. The molecule has 1 atom stereocenters. The zero-order chi connectivity index (χ0) is 59.2. The van der Waals surface area contributed by atoms with Crippen molar-refractivity contribution in [3.63, 3.8) is 0 Å². The third kappa shape index (κ3) is 67.9. The molecule has 0 aliphatic rings. The van der Waals surface area contributed by atoms with Crippen LogP contribution < -0.4 is 0 Å². The second-order valence-electron chi connectivity index (χ2n) is 24.5. The van der Waals surface area contributed by atoms with E-state index in [1.807, 2.05) is 0 Å². The molecule has 0 radical (unpaired) electrons. The van der Waals surface area contributed by atoms with Gasteiger partial charge in [0.2, 0.25) is 0 Å². The van der Waals surface area contributed by atoms with Gasteiger partial charge in [-0.05, 0) is 83.5 Å². The summed E-state index contributed by atoms with van der Waals surface area (Å²) in [5.41, 5.74) is 0. The maximum absolute atomic E-state index is 12.9. The Morgan fingerprint density at radius 3 is 0.720 bits per heavy atom. The van der Waals surface area contributed by atoms with Crippen molar-refractivity contribution in [3.8, 4) is 0 Å². The van der Waals surface area contributed by atoms with E-state index in [1.54, 1.807) is 0 Å². The molecule has 0 aromatic rings. The third-order valence-electron chi connectivity index (χ3n) is 16.2. The number of rotatable bonds is 67. The molecule has 478 valence electrons. The Balaban J connectivity index is 4.24. The minimum atomic E-state index is -0.788. The van der Waals surface area contributed by atoms with Gasteiger partial charge in [-0.2, -0.15) is 0 Å². The van der Waals surface area contributed by atoms with Crippen LogP contribution in [0.5, 0.6) is 0 Å². The molecule has 0 rings (SSSR count). The fraction of sp³-hybridized carbons (Fsp3) is 0.829. The molecular weight excluding hydrogens is 1010 g/mol. The number of carbonyl (C=O) groups is 3. The normalized spacial score (nSPS) is 12.4. The highest BCUT2D eigenvalue weighted by atomic mass is 16.6. The van der Waals surface area contributed by atoms with Gasteiger partial charge in [0, 0.05) is 19.3 Å². The number of esters is 3. The van der Waals surface area contributed by atoms with E-state index in [-0.39, 0.29) is 31.1 Å². The van der Waals surface area contributed by atoms with E-state index >= 15 is 0 Å². The second-order valence-corrected chi connectivity index (χ2v) is 24.5. The number of carbonyl (C=O) groups excluding carboxylic acids is 3. The molecule has 0 spiro atoms. The molecule has 0 aromatic carbocycles. The summed E-state index contributed by atoms with van der Waals surface area (Å²) in [7, 11) is 0. The molecule has 82 heavy (non-hydrogen) atoms. The van der Waals surface area contributed by atoms with E-state index < -0.39 is 6.10 Å². The van der Waals surface area contributed by atoms with Crippen molar-refractivity contribution >= 4 is 17.9 Å². The van der Waals surface area contributed by atoms with Crippen molar-refractivity contribution in [2.24, 2.45) is 0 Å². The van der Waals surface area contributed by atoms with Crippen LogP contribution in [0.2, 0.25) is 0 Å². The lowest BCUT2D eigenvalue weighted by molar-refractivity contribution is -0.167. The summed E-state index contributed by atoms with van der Waals surface area (Å²) in [6.07, 6.45) is 91.2. The SMILES string of the molecule is CCCC/C=C\C/C=C\CCCCCCCC(=O)OCC(COC(=O)CCCCCCCCCCCCCCCCCCCCCCCCCCCCCCC)OC(=O)CCCCCCCC/C=C\C/C=C\C/C=C\CCCCCCC. The fourth-order valence-corrected chi connectivity index (χ4v) is 10.8. The van der Waals surface area contributed by atoms with Crippen molar-refractivity contribution in [1.82, 2.24) is 0 Å². The molecule has 0 N–H and O–H groups in total. The highest BCUT2D eigenvalue weighted by molar-refractivity contribution is 5.71. The lowest BCUT2D eigenvalue weighted by atomic mass is 10.0. The second kappa shape index (κ2) is 70.6. The Morgan fingerprint density at radius 2 is 0.451 bits per heavy atom. The lowest BCUT2D eigenvalue weighted by Gasteiger charge is -2.18. The number of ether oxygens (including phenoxy) is 3. The number of hydrogen-bond acceptors (Lipinski definition) is 6. The first-order chi connectivity index (χ1) is 40.5. The summed E-state index contributed by atoms with van der Waals surface area (Å²) < 4.78 is 17.0. The van der Waals surface area contributed by atoms with Crippen LogP contribution in [0.25, 0.3) is 0 Å². The fourth-order valence-electron chi connectivity index (χ4n) is 10.8. The predicted octanol–water partition coefficient (Wildman–Crippen LogP) is 25.1. The molecule has 0 bridgehead atoms. The van der Waals surface area contributed by atoms with Gasteiger partial charge < -0.3 is 14.2 Å². The van der Waals surface area contributed by atoms with E-state index in [9.17, 15) is 14.4 Å². The maximum Gasteiger partial charge on any atom is 0.306 e. The van der Waals surface area contributed by atoms with Gasteiger partial charge in [-0.15, -0.1) is 0 Å². The zero-order valence-corrected chi connectivity index (χ0v) is 55.0. The number of hydrogen-bond donors (Lipinski definition) is 0. The summed E-state index contributed by atoms with van der Waals surface area (Å²) in [5, 5.41) is 0. The van der Waals surface area contributed by atoms with Crippen LogP contribution in [-0.4, -0.2) is 37.2 Å². The Kier molecular flexibility index (Phi) is 68.1. The van der Waals surface area contributed by atoms with Crippen molar-refractivity contribution in [2.75, 3.05) is 13.2 Å². The van der Waals surface area contributed by atoms with E-state index in [1.165, 1.54) is 244 Å². The van der Waals surface area contributed by atoms with Crippen LogP contribution in [0, 0.1) is 0 Å². The highest BCUT2D eigenvalue weighted by Crippen LogP contribution is 2.18. The van der Waals surface area contributed by atoms with Crippen molar-refractivity contribution in [3.05, 3.63) is 60.8 Å². The Labute approximate surface area is 510 Å². The van der Waals surface area contributed by atoms with Gasteiger partial charge in [0.1, 0.15) is 13.2 Å². The summed E-state index contributed by atoms with van der Waals surface area (Å²) in [5.74, 6) is -0.886. The molecule has 1 unspecified atom stereocenters. The Hall–Kier alpha value is -2.89. The summed E-state index contributed by atoms with van der Waals surface area (Å²) >= 11 is 0. The Morgan fingerprint density at radius 1 is 0.244 bits per heavy atom. The van der Waals surface area contributed by atoms with E-state index in [4.69, 9.17) is 14.2 Å². The molecule has 6 heteroatoms. The molecule has 0 amide bonds. The first-order valence-corrected chi connectivity index (χ1v) is 36.3. The van der Waals surface area contributed by atoms with Crippen molar-refractivity contribution < 1.29 is 28.6 Å². The van der Waals surface area contributed by atoms with Crippen molar-refractivity contribution in [2.45, 2.75) is 393 Å².